The van der Waals surface area contributed by atoms with Gasteiger partial charge in [-0.1, -0.05) is 19.3 Å². The summed E-state index contributed by atoms with van der Waals surface area (Å²) < 4.78 is 12.9. The summed E-state index contributed by atoms with van der Waals surface area (Å²) in [5.74, 6) is 0.257. The van der Waals surface area contributed by atoms with Crippen LogP contribution in [-0.4, -0.2) is 59.5 Å². The first-order valence-corrected chi connectivity index (χ1v) is 8.45. The second-order valence-electron chi connectivity index (χ2n) is 6.37. The first-order valence-electron chi connectivity index (χ1n) is 8.45. The molecule has 2 fully saturated rings. The Morgan fingerprint density at radius 2 is 1.78 bits per heavy atom. The van der Waals surface area contributed by atoms with Gasteiger partial charge in [-0.2, -0.15) is 0 Å². The van der Waals surface area contributed by atoms with E-state index in [1.807, 2.05) is 4.90 Å². The van der Waals surface area contributed by atoms with Gasteiger partial charge >= 0.3 is 0 Å². The molecule has 23 heavy (non-hydrogen) atoms. The fraction of sp³-hybridized carbons (Fsp3) is 0.688. The monoisotopic (exact) mass is 321 g/mol. The van der Waals surface area contributed by atoms with Crippen LogP contribution in [0.3, 0.4) is 0 Å². The second kappa shape index (κ2) is 7.68. The predicted molar refractivity (Wildman–Crippen MR) is 85.7 cm³/mol. The maximum atomic E-state index is 12.9. The van der Waals surface area contributed by atoms with Gasteiger partial charge in [-0.15, -0.1) is 0 Å². The first kappa shape index (κ1) is 16.1. The molecule has 1 aliphatic carbocycles. The molecule has 1 saturated heterocycles. The van der Waals surface area contributed by atoms with Gasteiger partial charge in [-0.25, -0.2) is 14.4 Å². The Morgan fingerprint density at radius 3 is 2.43 bits per heavy atom. The zero-order chi connectivity index (χ0) is 16.1. The van der Waals surface area contributed by atoms with Gasteiger partial charge in [0.2, 0.25) is 11.9 Å². The third-order valence-corrected chi connectivity index (χ3v) is 4.60. The van der Waals surface area contributed by atoms with E-state index in [0.717, 1.165) is 39.0 Å². The number of carbonyl (C=O) groups is 1. The highest BCUT2D eigenvalue weighted by atomic mass is 19.1. The molecule has 2 heterocycles. The average molecular weight is 321 g/mol. The van der Waals surface area contributed by atoms with Crippen LogP contribution in [0.1, 0.15) is 32.1 Å². The van der Waals surface area contributed by atoms with E-state index in [1.165, 1.54) is 31.7 Å². The summed E-state index contributed by atoms with van der Waals surface area (Å²) >= 11 is 0. The van der Waals surface area contributed by atoms with E-state index in [0.29, 0.717) is 18.5 Å². The SMILES string of the molecule is O=C(CN1CCN(c2ncc(F)cn2)CC1)NC1CCCCC1. The van der Waals surface area contributed by atoms with E-state index in [1.54, 1.807) is 0 Å². The number of piperazine rings is 1. The van der Waals surface area contributed by atoms with Gasteiger partial charge in [0.15, 0.2) is 5.82 Å². The lowest BCUT2D eigenvalue weighted by molar-refractivity contribution is -0.123. The van der Waals surface area contributed by atoms with E-state index in [4.69, 9.17) is 0 Å². The van der Waals surface area contributed by atoms with Gasteiger partial charge in [-0.05, 0) is 12.8 Å². The van der Waals surface area contributed by atoms with Crippen LogP contribution in [0.2, 0.25) is 0 Å². The van der Waals surface area contributed by atoms with E-state index in [2.05, 4.69) is 20.2 Å². The van der Waals surface area contributed by atoms with Crippen molar-refractivity contribution >= 4 is 11.9 Å². The Bertz CT molecular complexity index is 510. The quantitative estimate of drug-likeness (QED) is 0.902. The maximum absolute atomic E-state index is 12.9. The van der Waals surface area contributed by atoms with Gasteiger partial charge in [0.25, 0.3) is 0 Å². The molecule has 0 unspecified atom stereocenters. The molecule has 7 heteroatoms. The van der Waals surface area contributed by atoms with Crippen molar-refractivity contribution in [2.24, 2.45) is 0 Å². The summed E-state index contributed by atoms with van der Waals surface area (Å²) in [4.78, 5) is 24.3. The van der Waals surface area contributed by atoms with Crippen LogP contribution >= 0.6 is 0 Å². The maximum Gasteiger partial charge on any atom is 0.234 e. The standard InChI is InChI=1S/C16H24FN5O/c17-13-10-18-16(19-11-13)22-8-6-21(7-9-22)12-15(23)20-14-4-2-1-3-5-14/h10-11,14H,1-9,12H2,(H,20,23). The highest BCUT2D eigenvalue weighted by Crippen LogP contribution is 2.17. The fourth-order valence-corrected chi connectivity index (χ4v) is 3.30. The van der Waals surface area contributed by atoms with E-state index >= 15 is 0 Å². The van der Waals surface area contributed by atoms with Gasteiger partial charge in [0.1, 0.15) is 0 Å². The summed E-state index contributed by atoms with van der Waals surface area (Å²) in [7, 11) is 0. The molecule has 0 aromatic carbocycles. The zero-order valence-electron chi connectivity index (χ0n) is 13.4. The average Bonchev–Trinajstić information content (AvgIpc) is 2.57. The lowest BCUT2D eigenvalue weighted by Gasteiger charge is -2.34. The fourth-order valence-electron chi connectivity index (χ4n) is 3.30. The highest BCUT2D eigenvalue weighted by molar-refractivity contribution is 5.78. The van der Waals surface area contributed by atoms with E-state index in [9.17, 15) is 9.18 Å². The molecule has 0 radical (unpaired) electrons. The number of hydrogen-bond donors (Lipinski definition) is 1. The topological polar surface area (TPSA) is 61.4 Å². The van der Waals surface area contributed by atoms with Crippen molar-refractivity contribution in [3.05, 3.63) is 18.2 Å². The minimum absolute atomic E-state index is 0.128. The van der Waals surface area contributed by atoms with Crippen LogP contribution < -0.4 is 10.2 Å². The minimum atomic E-state index is -0.424. The lowest BCUT2D eigenvalue weighted by atomic mass is 9.95. The van der Waals surface area contributed by atoms with Crippen molar-refractivity contribution < 1.29 is 9.18 Å². The van der Waals surface area contributed by atoms with Crippen molar-refractivity contribution in [2.75, 3.05) is 37.6 Å². The molecule has 3 rings (SSSR count). The van der Waals surface area contributed by atoms with Gasteiger partial charge < -0.3 is 10.2 Å². The Labute approximate surface area is 136 Å². The Balaban J connectivity index is 1.41. The largest absolute Gasteiger partial charge is 0.352 e. The number of halogens is 1. The molecule has 126 valence electrons. The number of rotatable bonds is 4. The van der Waals surface area contributed by atoms with Gasteiger partial charge in [0.05, 0.1) is 18.9 Å². The Kier molecular flexibility index (Phi) is 5.38. The number of anilines is 1. The molecule has 1 N–H and O–H groups in total. The number of hydrogen-bond acceptors (Lipinski definition) is 5. The van der Waals surface area contributed by atoms with Crippen LogP contribution in [0.15, 0.2) is 12.4 Å². The molecule has 1 aromatic heterocycles. The van der Waals surface area contributed by atoms with Gasteiger partial charge in [0, 0.05) is 32.2 Å². The lowest BCUT2D eigenvalue weighted by Crippen LogP contribution is -2.51. The summed E-state index contributed by atoms with van der Waals surface area (Å²) in [6, 6.07) is 0.366. The molecule has 0 bridgehead atoms. The number of nitrogens with one attached hydrogen (secondary N) is 1. The number of nitrogens with zero attached hydrogens (tertiary/aromatic N) is 4. The first-order chi connectivity index (χ1) is 11.2. The summed E-state index contributed by atoms with van der Waals surface area (Å²) in [6.45, 7) is 3.54. The van der Waals surface area contributed by atoms with Crippen molar-refractivity contribution in [1.82, 2.24) is 20.2 Å². The number of amides is 1. The van der Waals surface area contributed by atoms with Crippen LogP contribution in [0, 0.1) is 5.82 Å². The minimum Gasteiger partial charge on any atom is -0.352 e. The van der Waals surface area contributed by atoms with Crippen molar-refractivity contribution in [1.29, 1.82) is 0 Å². The van der Waals surface area contributed by atoms with Crippen LogP contribution in [0.4, 0.5) is 10.3 Å². The number of aromatic nitrogens is 2. The highest BCUT2D eigenvalue weighted by Gasteiger charge is 2.22. The molecule has 1 aliphatic heterocycles. The molecular weight excluding hydrogens is 297 g/mol. The molecular formula is C16H24FN5O. The summed E-state index contributed by atoms with van der Waals surface area (Å²) in [6.07, 6.45) is 8.34. The summed E-state index contributed by atoms with van der Waals surface area (Å²) in [5.41, 5.74) is 0. The van der Waals surface area contributed by atoms with Gasteiger partial charge in [-0.3, -0.25) is 9.69 Å². The second-order valence-corrected chi connectivity index (χ2v) is 6.37. The van der Waals surface area contributed by atoms with Crippen molar-refractivity contribution in [2.45, 2.75) is 38.1 Å². The number of carbonyl (C=O) groups excluding carboxylic acids is 1. The summed E-state index contributed by atoms with van der Waals surface area (Å²) in [5, 5.41) is 3.15. The normalized spacial score (nSPS) is 20.5. The smallest absolute Gasteiger partial charge is 0.234 e. The van der Waals surface area contributed by atoms with Crippen LogP contribution in [-0.2, 0) is 4.79 Å². The molecule has 6 nitrogen and oxygen atoms in total. The zero-order valence-corrected chi connectivity index (χ0v) is 13.4. The molecule has 0 atom stereocenters. The third-order valence-electron chi connectivity index (χ3n) is 4.60. The van der Waals surface area contributed by atoms with Crippen LogP contribution in [0.5, 0.6) is 0 Å². The van der Waals surface area contributed by atoms with E-state index in [-0.39, 0.29) is 5.91 Å². The van der Waals surface area contributed by atoms with E-state index < -0.39 is 5.82 Å². The molecule has 1 amide bonds. The van der Waals surface area contributed by atoms with Crippen LogP contribution in [0.25, 0.3) is 0 Å². The van der Waals surface area contributed by atoms with Crippen molar-refractivity contribution in [3.8, 4) is 0 Å². The predicted octanol–water partition coefficient (Wildman–Crippen LogP) is 1.19. The molecule has 1 aromatic rings. The van der Waals surface area contributed by atoms with Crippen molar-refractivity contribution in [3.63, 3.8) is 0 Å². The Morgan fingerprint density at radius 1 is 1.13 bits per heavy atom. The third kappa shape index (κ3) is 4.60. The molecule has 1 saturated carbocycles. The molecule has 0 spiro atoms. The Hall–Kier alpha value is -1.76. The molecule has 2 aliphatic rings.